The second-order valence-corrected chi connectivity index (χ2v) is 3.83. The van der Waals surface area contributed by atoms with Gasteiger partial charge in [0.05, 0.1) is 5.82 Å². The van der Waals surface area contributed by atoms with E-state index in [0.29, 0.717) is 12.2 Å². The van der Waals surface area contributed by atoms with Gasteiger partial charge in [0.15, 0.2) is 0 Å². The number of likely N-dealkylation sites (N-methyl/N-ethyl adjacent to an activating group) is 2. The maximum Gasteiger partial charge on any atom is 0.222 e. The van der Waals surface area contributed by atoms with Gasteiger partial charge in [0, 0.05) is 33.1 Å². The van der Waals surface area contributed by atoms with Crippen LogP contribution in [0, 0.1) is 0 Å². The number of nitrogens with zero attached hydrogens (tertiary/aromatic N) is 1. The molecule has 4 N–H and O–H groups in total. The van der Waals surface area contributed by atoms with E-state index in [1.54, 1.807) is 4.90 Å². The Balaban J connectivity index is 3.45. The summed E-state index contributed by atoms with van der Waals surface area (Å²) in [6.07, 6.45) is 2.41. The van der Waals surface area contributed by atoms with Crippen LogP contribution in [0.5, 0.6) is 0 Å². The van der Waals surface area contributed by atoms with Crippen molar-refractivity contribution in [2.24, 2.45) is 5.73 Å². The highest BCUT2D eigenvalue weighted by Crippen LogP contribution is 1.98. The Morgan fingerprint density at radius 1 is 1.38 bits per heavy atom. The smallest absolute Gasteiger partial charge is 0.222 e. The third-order valence-corrected chi connectivity index (χ3v) is 2.29. The first-order chi connectivity index (χ1) is 7.57. The number of unbranched alkanes of at least 4 members (excludes halogenated alkanes) is 1. The van der Waals surface area contributed by atoms with Gasteiger partial charge in [-0.3, -0.25) is 4.79 Å². The number of hydrogen-bond donors (Lipinski definition) is 3. The van der Waals surface area contributed by atoms with Crippen LogP contribution >= 0.6 is 0 Å². The van der Waals surface area contributed by atoms with Crippen molar-refractivity contribution in [3.63, 3.8) is 0 Å². The molecule has 0 rings (SSSR count). The summed E-state index contributed by atoms with van der Waals surface area (Å²) in [6.45, 7) is 5.90. The fourth-order valence-electron chi connectivity index (χ4n) is 1.25. The third kappa shape index (κ3) is 8.11. The largest absolute Gasteiger partial charge is 0.386 e. The Morgan fingerprint density at radius 2 is 2.06 bits per heavy atom. The summed E-state index contributed by atoms with van der Waals surface area (Å²) in [7, 11) is 3.71. The van der Waals surface area contributed by atoms with Crippen molar-refractivity contribution in [3.05, 3.63) is 12.4 Å². The van der Waals surface area contributed by atoms with Gasteiger partial charge in [-0.05, 0) is 19.9 Å². The lowest BCUT2D eigenvalue weighted by molar-refractivity contribution is -0.129. The first-order valence-electron chi connectivity index (χ1n) is 5.64. The highest BCUT2D eigenvalue weighted by Gasteiger charge is 2.06. The molecule has 0 radical (unpaired) electrons. The molecule has 0 aromatic rings. The zero-order valence-corrected chi connectivity index (χ0v) is 10.4. The summed E-state index contributed by atoms with van der Waals surface area (Å²) in [5.41, 5.74) is 5.35. The second kappa shape index (κ2) is 9.03. The molecule has 0 unspecified atom stereocenters. The first kappa shape index (κ1) is 14.8. The Labute approximate surface area is 98.1 Å². The minimum atomic E-state index is 0.196. The molecule has 0 saturated carbocycles. The summed E-state index contributed by atoms with van der Waals surface area (Å²) in [6, 6.07) is 0. The number of hydrogen-bond acceptors (Lipinski definition) is 4. The van der Waals surface area contributed by atoms with Crippen molar-refractivity contribution < 1.29 is 4.79 Å². The second-order valence-electron chi connectivity index (χ2n) is 3.83. The molecule has 0 spiro atoms. The Bertz CT molecular complexity index is 218. The monoisotopic (exact) mass is 228 g/mol. The number of nitrogens with two attached hydrogens (primary N) is 1. The van der Waals surface area contributed by atoms with Crippen LogP contribution in [-0.2, 0) is 4.79 Å². The fourth-order valence-corrected chi connectivity index (χ4v) is 1.25. The van der Waals surface area contributed by atoms with Crippen LogP contribution in [0.3, 0.4) is 0 Å². The van der Waals surface area contributed by atoms with E-state index in [1.807, 2.05) is 14.1 Å². The number of carbonyl (C=O) groups excluding carboxylic acids is 1. The van der Waals surface area contributed by atoms with E-state index in [-0.39, 0.29) is 5.91 Å². The minimum absolute atomic E-state index is 0.196. The molecular formula is C11H24N4O. The fraction of sp³-hybridized carbons (Fsp3) is 0.727. The number of amides is 1. The van der Waals surface area contributed by atoms with Crippen LogP contribution in [0.2, 0.25) is 0 Å². The molecule has 0 aliphatic rings. The number of rotatable bonds is 9. The van der Waals surface area contributed by atoms with Crippen molar-refractivity contribution in [1.82, 2.24) is 15.5 Å². The van der Waals surface area contributed by atoms with Gasteiger partial charge >= 0.3 is 0 Å². The Hall–Kier alpha value is -1.23. The lowest BCUT2D eigenvalue weighted by Crippen LogP contribution is -2.32. The van der Waals surface area contributed by atoms with Gasteiger partial charge in [0.25, 0.3) is 0 Å². The molecule has 0 heterocycles. The summed E-state index contributed by atoms with van der Waals surface area (Å²) in [5, 5.41) is 5.95. The van der Waals surface area contributed by atoms with Gasteiger partial charge in [-0.1, -0.05) is 6.58 Å². The van der Waals surface area contributed by atoms with E-state index in [1.165, 1.54) is 0 Å². The maximum atomic E-state index is 11.6. The Kier molecular flexibility index (Phi) is 8.34. The molecule has 0 bridgehead atoms. The molecule has 0 atom stereocenters. The van der Waals surface area contributed by atoms with Gasteiger partial charge < -0.3 is 21.3 Å². The van der Waals surface area contributed by atoms with Gasteiger partial charge in [-0.15, -0.1) is 0 Å². The van der Waals surface area contributed by atoms with Crippen molar-refractivity contribution in [2.75, 3.05) is 33.7 Å². The normalized spacial score (nSPS) is 9.88. The standard InChI is InChI=1S/C11H24N4O/c1-10(12)14-7-5-4-6-11(16)15(3)9-8-13-2/h13-14H,1,4-9,12H2,2-3H3. The van der Waals surface area contributed by atoms with Crippen LogP contribution in [0.1, 0.15) is 19.3 Å². The van der Waals surface area contributed by atoms with Crippen LogP contribution in [0.25, 0.3) is 0 Å². The quantitative estimate of drug-likeness (QED) is 0.480. The van der Waals surface area contributed by atoms with Crippen LogP contribution in [0.4, 0.5) is 0 Å². The molecule has 0 saturated heterocycles. The van der Waals surface area contributed by atoms with E-state index >= 15 is 0 Å². The molecule has 0 fully saturated rings. The van der Waals surface area contributed by atoms with Crippen LogP contribution < -0.4 is 16.4 Å². The van der Waals surface area contributed by atoms with Gasteiger partial charge in [-0.25, -0.2) is 0 Å². The molecule has 0 aromatic carbocycles. The van der Waals surface area contributed by atoms with E-state index in [0.717, 1.165) is 32.5 Å². The van der Waals surface area contributed by atoms with Crippen molar-refractivity contribution in [1.29, 1.82) is 0 Å². The lowest BCUT2D eigenvalue weighted by atomic mass is 10.2. The number of nitrogens with one attached hydrogen (secondary N) is 2. The third-order valence-electron chi connectivity index (χ3n) is 2.29. The molecule has 5 nitrogen and oxygen atoms in total. The molecule has 94 valence electrons. The van der Waals surface area contributed by atoms with Crippen molar-refractivity contribution in [3.8, 4) is 0 Å². The molecule has 16 heavy (non-hydrogen) atoms. The molecule has 0 aliphatic heterocycles. The zero-order valence-electron chi connectivity index (χ0n) is 10.4. The molecule has 0 aromatic heterocycles. The van der Waals surface area contributed by atoms with Gasteiger partial charge in [0.2, 0.25) is 5.91 Å². The van der Waals surface area contributed by atoms with E-state index < -0.39 is 0 Å². The average Bonchev–Trinajstić information content (AvgIpc) is 2.24. The topological polar surface area (TPSA) is 70.4 Å². The van der Waals surface area contributed by atoms with E-state index in [9.17, 15) is 4.79 Å². The summed E-state index contributed by atoms with van der Waals surface area (Å²) in [4.78, 5) is 13.3. The predicted molar refractivity (Wildman–Crippen MR) is 66.7 cm³/mol. The summed E-state index contributed by atoms with van der Waals surface area (Å²) >= 11 is 0. The summed E-state index contributed by atoms with van der Waals surface area (Å²) in [5.74, 6) is 0.680. The van der Waals surface area contributed by atoms with Crippen molar-refractivity contribution >= 4 is 5.91 Å². The van der Waals surface area contributed by atoms with Crippen molar-refractivity contribution in [2.45, 2.75) is 19.3 Å². The number of carbonyl (C=O) groups is 1. The maximum absolute atomic E-state index is 11.6. The van der Waals surface area contributed by atoms with Gasteiger partial charge in [-0.2, -0.15) is 0 Å². The SMILES string of the molecule is C=C(N)NCCCCC(=O)N(C)CCNC. The molecule has 0 aliphatic carbocycles. The molecular weight excluding hydrogens is 204 g/mol. The van der Waals surface area contributed by atoms with Gasteiger partial charge in [0.1, 0.15) is 0 Å². The average molecular weight is 228 g/mol. The highest BCUT2D eigenvalue weighted by molar-refractivity contribution is 5.75. The highest BCUT2D eigenvalue weighted by atomic mass is 16.2. The molecule has 5 heteroatoms. The first-order valence-corrected chi connectivity index (χ1v) is 5.64. The van der Waals surface area contributed by atoms with E-state index in [2.05, 4.69) is 17.2 Å². The predicted octanol–water partition coefficient (Wildman–Crippen LogP) is -0.146. The van der Waals surface area contributed by atoms with E-state index in [4.69, 9.17) is 5.73 Å². The van der Waals surface area contributed by atoms with Crippen LogP contribution in [0.15, 0.2) is 12.4 Å². The van der Waals surface area contributed by atoms with Crippen LogP contribution in [-0.4, -0.2) is 44.5 Å². The summed E-state index contributed by atoms with van der Waals surface area (Å²) < 4.78 is 0. The Morgan fingerprint density at radius 3 is 2.62 bits per heavy atom. The zero-order chi connectivity index (χ0) is 12.4. The molecule has 1 amide bonds. The minimum Gasteiger partial charge on any atom is -0.386 e. The lowest BCUT2D eigenvalue weighted by Gasteiger charge is -2.16.